The number of hydrogen-bond acceptors (Lipinski definition) is 4. The molecule has 5 heteroatoms. The quantitative estimate of drug-likeness (QED) is 0.542. The van der Waals surface area contributed by atoms with Gasteiger partial charge in [0, 0.05) is 5.56 Å². The number of benzene rings is 3. The first kappa shape index (κ1) is 20.6. The van der Waals surface area contributed by atoms with Gasteiger partial charge in [0.15, 0.2) is 0 Å². The number of carbonyl (C=O) groups is 1. The molecule has 4 N–H and O–H groups in total. The van der Waals surface area contributed by atoms with Crippen LogP contribution in [0.4, 0.5) is 0 Å². The molecule has 0 unspecified atom stereocenters. The van der Waals surface area contributed by atoms with Crippen molar-refractivity contribution in [3.05, 3.63) is 89.0 Å². The number of hydrogen-bond donors (Lipinski definition) is 3. The first-order valence-corrected chi connectivity index (χ1v) is 9.47. The molecule has 0 saturated heterocycles. The second-order valence-corrected chi connectivity index (χ2v) is 6.97. The number of ether oxygens (including phenoxy) is 1. The fourth-order valence-corrected chi connectivity index (χ4v) is 3.30. The van der Waals surface area contributed by atoms with E-state index in [0.29, 0.717) is 17.9 Å². The minimum absolute atomic E-state index is 0.0763. The molecule has 0 saturated carbocycles. The zero-order chi connectivity index (χ0) is 20.8. The van der Waals surface area contributed by atoms with Crippen molar-refractivity contribution >= 4 is 5.97 Å². The van der Waals surface area contributed by atoms with Crippen LogP contribution in [-0.2, 0) is 17.8 Å². The number of carboxylic acid groups (broad SMARTS) is 1. The van der Waals surface area contributed by atoms with Crippen LogP contribution in [0.25, 0.3) is 11.1 Å². The van der Waals surface area contributed by atoms with E-state index in [4.69, 9.17) is 15.6 Å². The molecule has 150 valence electrons. The number of aliphatic hydroxyl groups excluding tert-OH is 1. The van der Waals surface area contributed by atoms with Gasteiger partial charge in [-0.3, -0.25) is 4.79 Å². The monoisotopic (exact) mass is 391 g/mol. The van der Waals surface area contributed by atoms with Crippen LogP contribution in [0.2, 0.25) is 0 Å². The molecular weight excluding hydrogens is 366 g/mol. The van der Waals surface area contributed by atoms with Crippen molar-refractivity contribution in [2.24, 2.45) is 5.73 Å². The minimum Gasteiger partial charge on any atom is -0.489 e. The smallest absolute Gasteiger partial charge is 0.307 e. The third kappa shape index (κ3) is 5.02. The van der Waals surface area contributed by atoms with Crippen LogP contribution in [0.3, 0.4) is 0 Å². The van der Waals surface area contributed by atoms with Crippen molar-refractivity contribution in [1.29, 1.82) is 0 Å². The average Bonchev–Trinajstić information content (AvgIpc) is 2.73. The van der Waals surface area contributed by atoms with Gasteiger partial charge < -0.3 is 20.7 Å². The summed E-state index contributed by atoms with van der Waals surface area (Å²) in [5.74, 6) is -0.309. The molecular formula is C24H25NO4. The maximum Gasteiger partial charge on any atom is 0.307 e. The third-order valence-electron chi connectivity index (χ3n) is 4.97. The number of aliphatic carboxylic acids is 1. The average molecular weight is 391 g/mol. The highest BCUT2D eigenvalue weighted by Crippen LogP contribution is 2.29. The van der Waals surface area contributed by atoms with Crippen LogP contribution in [0, 0.1) is 6.92 Å². The van der Waals surface area contributed by atoms with E-state index in [9.17, 15) is 9.90 Å². The molecule has 1 atom stereocenters. The van der Waals surface area contributed by atoms with E-state index in [1.54, 1.807) is 18.2 Å². The molecule has 29 heavy (non-hydrogen) atoms. The SMILES string of the molecule is Cc1c(COc2ccccc2CC(=O)O)cccc1-c1cccc([C@H](N)CO)c1. The van der Waals surface area contributed by atoms with Crippen LogP contribution < -0.4 is 10.5 Å². The maximum atomic E-state index is 11.1. The Morgan fingerprint density at radius 1 is 1.03 bits per heavy atom. The standard InChI is InChI=1S/C24H25NO4/c1-16-20(15-29-23-11-3-2-6-19(23)13-24(27)28)9-5-10-21(16)17-7-4-8-18(12-17)22(25)14-26/h2-12,22,26H,13-15,25H2,1H3,(H,27,28)/t22-/m1/s1. The second-order valence-electron chi connectivity index (χ2n) is 6.97. The Balaban J connectivity index is 1.84. The lowest BCUT2D eigenvalue weighted by Gasteiger charge is -2.16. The normalized spacial score (nSPS) is 11.8. The topological polar surface area (TPSA) is 92.8 Å². The van der Waals surface area contributed by atoms with Gasteiger partial charge in [-0.25, -0.2) is 0 Å². The Labute approximate surface area is 170 Å². The Kier molecular flexibility index (Phi) is 6.65. The molecule has 0 aliphatic rings. The summed E-state index contributed by atoms with van der Waals surface area (Å²) in [6, 6.07) is 20.7. The lowest BCUT2D eigenvalue weighted by molar-refractivity contribution is -0.136. The molecule has 0 amide bonds. The largest absolute Gasteiger partial charge is 0.489 e. The van der Waals surface area contributed by atoms with E-state index in [1.165, 1.54) is 0 Å². The van der Waals surface area contributed by atoms with Crippen molar-refractivity contribution < 1.29 is 19.7 Å². The van der Waals surface area contributed by atoms with E-state index >= 15 is 0 Å². The van der Waals surface area contributed by atoms with Crippen LogP contribution in [0.15, 0.2) is 66.7 Å². The summed E-state index contributed by atoms with van der Waals surface area (Å²) in [6.07, 6.45) is -0.0763. The van der Waals surface area contributed by atoms with Crippen molar-refractivity contribution in [2.45, 2.75) is 26.0 Å². The van der Waals surface area contributed by atoms with E-state index < -0.39 is 12.0 Å². The summed E-state index contributed by atoms with van der Waals surface area (Å²) in [6.45, 7) is 2.27. The maximum absolute atomic E-state index is 11.1. The minimum atomic E-state index is -0.889. The fourth-order valence-electron chi connectivity index (χ4n) is 3.30. The lowest BCUT2D eigenvalue weighted by Crippen LogP contribution is -2.14. The number of carboxylic acids is 1. The predicted octanol–water partition coefficient (Wildman–Crippen LogP) is 3.86. The number of rotatable bonds is 8. The molecule has 0 aliphatic carbocycles. The van der Waals surface area contributed by atoms with Crippen LogP contribution in [0.5, 0.6) is 5.75 Å². The third-order valence-corrected chi connectivity index (χ3v) is 4.97. The van der Waals surface area contributed by atoms with Crippen molar-refractivity contribution in [3.8, 4) is 16.9 Å². The Morgan fingerprint density at radius 2 is 1.76 bits per heavy atom. The van der Waals surface area contributed by atoms with E-state index in [0.717, 1.165) is 27.8 Å². The Hall–Kier alpha value is -3.15. The zero-order valence-electron chi connectivity index (χ0n) is 16.3. The van der Waals surface area contributed by atoms with Gasteiger partial charge in [0.1, 0.15) is 12.4 Å². The van der Waals surface area contributed by atoms with Gasteiger partial charge >= 0.3 is 5.97 Å². The van der Waals surface area contributed by atoms with Gasteiger partial charge in [-0.1, -0.05) is 54.6 Å². The zero-order valence-corrected chi connectivity index (χ0v) is 16.3. The first-order chi connectivity index (χ1) is 14.0. The number of nitrogens with two attached hydrogens (primary N) is 1. The Bertz CT molecular complexity index is 1000. The van der Waals surface area contributed by atoms with Crippen LogP contribution >= 0.6 is 0 Å². The van der Waals surface area contributed by atoms with Gasteiger partial charge in [-0.05, 0) is 46.9 Å². The summed E-state index contributed by atoms with van der Waals surface area (Å²) in [7, 11) is 0. The highest BCUT2D eigenvalue weighted by Gasteiger charge is 2.12. The molecule has 3 rings (SSSR count). The summed E-state index contributed by atoms with van der Waals surface area (Å²) >= 11 is 0. The molecule has 0 fully saturated rings. The summed E-state index contributed by atoms with van der Waals surface area (Å²) in [4.78, 5) is 11.1. The van der Waals surface area contributed by atoms with E-state index in [2.05, 4.69) is 0 Å². The van der Waals surface area contributed by atoms with Gasteiger partial charge in [0.05, 0.1) is 19.1 Å². The van der Waals surface area contributed by atoms with Gasteiger partial charge in [-0.15, -0.1) is 0 Å². The molecule has 0 aromatic heterocycles. The summed E-state index contributed by atoms with van der Waals surface area (Å²) < 4.78 is 5.96. The highest BCUT2D eigenvalue weighted by atomic mass is 16.5. The van der Waals surface area contributed by atoms with Crippen molar-refractivity contribution in [1.82, 2.24) is 0 Å². The molecule has 0 aliphatic heterocycles. The molecule has 5 nitrogen and oxygen atoms in total. The van der Waals surface area contributed by atoms with Crippen LogP contribution in [-0.4, -0.2) is 22.8 Å². The molecule has 0 spiro atoms. The Morgan fingerprint density at radius 3 is 2.52 bits per heavy atom. The molecule has 0 heterocycles. The summed E-state index contributed by atoms with van der Waals surface area (Å²) in [5.41, 5.74) is 11.7. The molecule has 0 bridgehead atoms. The first-order valence-electron chi connectivity index (χ1n) is 9.47. The van der Waals surface area contributed by atoms with Gasteiger partial charge in [0.25, 0.3) is 0 Å². The second kappa shape index (κ2) is 9.37. The lowest BCUT2D eigenvalue weighted by atomic mass is 9.94. The molecule has 3 aromatic carbocycles. The van der Waals surface area contributed by atoms with E-state index in [1.807, 2.05) is 55.5 Å². The van der Waals surface area contributed by atoms with Gasteiger partial charge in [-0.2, -0.15) is 0 Å². The van der Waals surface area contributed by atoms with Crippen molar-refractivity contribution in [2.75, 3.05) is 6.61 Å². The number of para-hydroxylation sites is 1. The number of aliphatic hydroxyl groups is 1. The summed E-state index contributed by atoms with van der Waals surface area (Å²) in [5, 5.41) is 18.4. The van der Waals surface area contributed by atoms with Gasteiger partial charge in [0.2, 0.25) is 0 Å². The molecule has 3 aromatic rings. The van der Waals surface area contributed by atoms with E-state index in [-0.39, 0.29) is 13.0 Å². The fraction of sp³-hybridized carbons (Fsp3) is 0.208. The molecule has 0 radical (unpaired) electrons. The van der Waals surface area contributed by atoms with Crippen LogP contribution in [0.1, 0.15) is 28.3 Å². The highest BCUT2D eigenvalue weighted by molar-refractivity contribution is 5.71. The van der Waals surface area contributed by atoms with Crippen molar-refractivity contribution in [3.63, 3.8) is 0 Å². The predicted molar refractivity (Wildman–Crippen MR) is 113 cm³/mol.